The van der Waals surface area contributed by atoms with Crippen molar-refractivity contribution in [2.24, 2.45) is 0 Å². The number of methoxy groups -OCH3 is 1. The van der Waals surface area contributed by atoms with Crippen LogP contribution >= 0.6 is 0 Å². The molecule has 0 aliphatic carbocycles. The van der Waals surface area contributed by atoms with Gasteiger partial charge in [0.15, 0.2) is 0 Å². The number of amides is 1. The Morgan fingerprint density at radius 1 is 1.00 bits per heavy atom. The van der Waals surface area contributed by atoms with Crippen LogP contribution in [0.3, 0.4) is 0 Å². The Morgan fingerprint density at radius 3 is 2.42 bits per heavy atom. The summed E-state index contributed by atoms with van der Waals surface area (Å²) >= 11 is 0. The Labute approximate surface area is 184 Å². The summed E-state index contributed by atoms with van der Waals surface area (Å²) in [6.45, 7) is 7.22. The Hall–Kier alpha value is -3.12. The number of para-hydroxylation sites is 1. The first-order valence-corrected chi connectivity index (χ1v) is 11.0. The zero-order chi connectivity index (χ0) is 21.6. The molecule has 31 heavy (non-hydrogen) atoms. The minimum atomic E-state index is 0.0383. The van der Waals surface area contributed by atoms with E-state index >= 15 is 0 Å². The maximum atomic E-state index is 13.5. The zero-order valence-electron chi connectivity index (χ0n) is 18.3. The number of benzene rings is 2. The van der Waals surface area contributed by atoms with E-state index in [1.807, 2.05) is 58.2 Å². The fourth-order valence-electron chi connectivity index (χ4n) is 4.13. The lowest BCUT2D eigenvalue weighted by Crippen LogP contribution is -2.48. The SMILES string of the molecule is CCCN1CCN(C(=O)c2cn(Cc3ccccc3)nc2-c2ccccc2OC)CC1. The molecule has 162 valence electrons. The van der Waals surface area contributed by atoms with Crippen molar-refractivity contribution < 1.29 is 9.53 Å². The molecule has 0 spiro atoms. The van der Waals surface area contributed by atoms with Gasteiger partial charge in [0.2, 0.25) is 0 Å². The molecule has 2 heterocycles. The summed E-state index contributed by atoms with van der Waals surface area (Å²) in [6, 6.07) is 17.9. The predicted octanol–water partition coefficient (Wildman–Crippen LogP) is 3.77. The minimum Gasteiger partial charge on any atom is -0.496 e. The summed E-state index contributed by atoms with van der Waals surface area (Å²) in [4.78, 5) is 17.9. The molecule has 1 aliphatic rings. The molecule has 1 aromatic heterocycles. The van der Waals surface area contributed by atoms with Gasteiger partial charge in [0.25, 0.3) is 5.91 Å². The van der Waals surface area contributed by atoms with E-state index in [9.17, 15) is 4.79 Å². The maximum absolute atomic E-state index is 13.5. The van der Waals surface area contributed by atoms with Crippen LogP contribution in [0.1, 0.15) is 29.3 Å². The van der Waals surface area contributed by atoms with Crippen molar-refractivity contribution in [2.45, 2.75) is 19.9 Å². The van der Waals surface area contributed by atoms with E-state index in [0.717, 1.165) is 50.3 Å². The van der Waals surface area contributed by atoms with E-state index in [0.29, 0.717) is 23.6 Å². The molecule has 0 radical (unpaired) electrons. The predicted molar refractivity (Wildman–Crippen MR) is 122 cm³/mol. The molecule has 1 amide bonds. The fourth-order valence-corrected chi connectivity index (χ4v) is 4.13. The molecular weight excluding hydrogens is 388 g/mol. The summed E-state index contributed by atoms with van der Waals surface area (Å²) < 4.78 is 7.43. The van der Waals surface area contributed by atoms with Crippen LogP contribution in [0.2, 0.25) is 0 Å². The van der Waals surface area contributed by atoms with Crippen LogP contribution in [0, 0.1) is 0 Å². The highest BCUT2D eigenvalue weighted by Gasteiger charge is 2.27. The molecule has 0 atom stereocenters. The lowest BCUT2D eigenvalue weighted by Gasteiger charge is -2.34. The standard InChI is InChI=1S/C25H30N4O2/c1-3-13-27-14-16-28(17-15-27)25(30)22-19-29(18-20-9-5-4-6-10-20)26-24(22)21-11-7-8-12-23(21)31-2/h4-12,19H,3,13-18H2,1-2H3. The lowest BCUT2D eigenvalue weighted by molar-refractivity contribution is 0.0638. The second kappa shape index (κ2) is 9.79. The second-order valence-corrected chi connectivity index (χ2v) is 7.91. The van der Waals surface area contributed by atoms with Crippen LogP contribution in [0.25, 0.3) is 11.3 Å². The average molecular weight is 419 g/mol. The molecular formula is C25H30N4O2. The topological polar surface area (TPSA) is 50.6 Å². The molecule has 0 saturated carbocycles. The average Bonchev–Trinajstić information content (AvgIpc) is 3.23. The Balaban J connectivity index is 1.66. The van der Waals surface area contributed by atoms with Gasteiger partial charge in [0.1, 0.15) is 11.4 Å². The van der Waals surface area contributed by atoms with E-state index < -0.39 is 0 Å². The molecule has 6 heteroatoms. The maximum Gasteiger partial charge on any atom is 0.257 e. The third-order valence-electron chi connectivity index (χ3n) is 5.74. The molecule has 1 aliphatic heterocycles. The van der Waals surface area contributed by atoms with E-state index in [1.165, 1.54) is 0 Å². The van der Waals surface area contributed by atoms with Crippen molar-refractivity contribution >= 4 is 5.91 Å². The number of nitrogens with zero attached hydrogens (tertiary/aromatic N) is 4. The second-order valence-electron chi connectivity index (χ2n) is 7.91. The van der Waals surface area contributed by atoms with Crippen molar-refractivity contribution in [3.05, 3.63) is 71.9 Å². The van der Waals surface area contributed by atoms with Gasteiger partial charge in [-0.3, -0.25) is 14.4 Å². The summed E-state index contributed by atoms with van der Waals surface area (Å²) in [5, 5.41) is 4.82. The first kappa shape index (κ1) is 21.1. The van der Waals surface area contributed by atoms with Crippen LogP contribution in [0.5, 0.6) is 5.75 Å². The highest BCUT2D eigenvalue weighted by Crippen LogP contribution is 2.32. The quantitative estimate of drug-likeness (QED) is 0.586. The molecule has 2 aromatic carbocycles. The minimum absolute atomic E-state index is 0.0383. The molecule has 0 unspecified atom stereocenters. The summed E-state index contributed by atoms with van der Waals surface area (Å²) in [5.41, 5.74) is 3.28. The molecule has 0 bridgehead atoms. The van der Waals surface area contributed by atoms with Crippen LogP contribution in [0.4, 0.5) is 0 Å². The molecule has 4 rings (SSSR count). The van der Waals surface area contributed by atoms with Crippen LogP contribution in [0.15, 0.2) is 60.8 Å². The van der Waals surface area contributed by atoms with Crippen molar-refractivity contribution in [3.63, 3.8) is 0 Å². The van der Waals surface area contributed by atoms with Crippen LogP contribution in [-0.4, -0.2) is 65.3 Å². The largest absolute Gasteiger partial charge is 0.496 e. The highest BCUT2D eigenvalue weighted by atomic mass is 16.5. The smallest absolute Gasteiger partial charge is 0.257 e. The van der Waals surface area contributed by atoms with E-state index in [2.05, 4.69) is 24.0 Å². The monoisotopic (exact) mass is 418 g/mol. The molecule has 0 N–H and O–H groups in total. The van der Waals surface area contributed by atoms with Gasteiger partial charge in [-0.25, -0.2) is 0 Å². The number of hydrogen-bond acceptors (Lipinski definition) is 4. The molecule has 3 aromatic rings. The van der Waals surface area contributed by atoms with E-state index in [1.54, 1.807) is 7.11 Å². The summed E-state index contributed by atoms with van der Waals surface area (Å²) in [5.74, 6) is 0.755. The number of aromatic nitrogens is 2. The normalized spacial score (nSPS) is 14.6. The van der Waals surface area contributed by atoms with Gasteiger partial charge in [0, 0.05) is 37.9 Å². The number of rotatable bonds is 7. The number of piperazine rings is 1. The summed E-state index contributed by atoms with van der Waals surface area (Å²) in [6.07, 6.45) is 3.02. The fraction of sp³-hybridized carbons (Fsp3) is 0.360. The van der Waals surface area contributed by atoms with Gasteiger partial charge in [-0.05, 0) is 30.7 Å². The third-order valence-corrected chi connectivity index (χ3v) is 5.74. The number of hydrogen-bond donors (Lipinski definition) is 0. The van der Waals surface area contributed by atoms with Gasteiger partial charge in [-0.2, -0.15) is 5.10 Å². The summed E-state index contributed by atoms with van der Waals surface area (Å²) in [7, 11) is 1.65. The van der Waals surface area contributed by atoms with Crippen LogP contribution in [-0.2, 0) is 6.54 Å². The highest BCUT2D eigenvalue weighted by molar-refractivity contribution is 6.00. The number of ether oxygens (including phenoxy) is 1. The molecule has 1 saturated heterocycles. The van der Waals surface area contributed by atoms with Crippen molar-refractivity contribution in [3.8, 4) is 17.0 Å². The Bertz CT molecular complexity index is 1010. The van der Waals surface area contributed by atoms with Crippen molar-refractivity contribution in [2.75, 3.05) is 39.8 Å². The molecule has 1 fully saturated rings. The number of carbonyl (C=O) groups is 1. The Morgan fingerprint density at radius 2 is 1.71 bits per heavy atom. The van der Waals surface area contributed by atoms with Gasteiger partial charge >= 0.3 is 0 Å². The molecule has 6 nitrogen and oxygen atoms in total. The van der Waals surface area contributed by atoms with Gasteiger partial charge in [-0.1, -0.05) is 49.4 Å². The zero-order valence-corrected chi connectivity index (χ0v) is 18.3. The first-order chi connectivity index (χ1) is 15.2. The van der Waals surface area contributed by atoms with Crippen molar-refractivity contribution in [1.29, 1.82) is 0 Å². The van der Waals surface area contributed by atoms with Gasteiger partial charge in [-0.15, -0.1) is 0 Å². The number of carbonyl (C=O) groups excluding carboxylic acids is 1. The Kier molecular flexibility index (Phi) is 6.67. The van der Waals surface area contributed by atoms with Gasteiger partial charge in [0.05, 0.1) is 19.2 Å². The third kappa shape index (κ3) is 4.80. The van der Waals surface area contributed by atoms with E-state index in [4.69, 9.17) is 9.84 Å². The van der Waals surface area contributed by atoms with E-state index in [-0.39, 0.29) is 5.91 Å². The van der Waals surface area contributed by atoms with Gasteiger partial charge < -0.3 is 9.64 Å². The van der Waals surface area contributed by atoms with Crippen molar-refractivity contribution in [1.82, 2.24) is 19.6 Å². The first-order valence-electron chi connectivity index (χ1n) is 11.0. The lowest BCUT2D eigenvalue weighted by atomic mass is 10.1. The van der Waals surface area contributed by atoms with Crippen LogP contribution < -0.4 is 4.74 Å².